The molecule has 5 nitrogen and oxygen atoms in total. The lowest BCUT2D eigenvalue weighted by molar-refractivity contribution is -0.137. The summed E-state index contributed by atoms with van der Waals surface area (Å²) in [5, 5.41) is 6.68. The van der Waals surface area contributed by atoms with Gasteiger partial charge in [-0.3, -0.25) is 0 Å². The van der Waals surface area contributed by atoms with Gasteiger partial charge in [0.25, 0.3) is 0 Å². The number of rotatable bonds is 4. The molecule has 0 saturated heterocycles. The molecular formula is C11H12F3N5. The van der Waals surface area contributed by atoms with E-state index in [0.29, 0.717) is 5.82 Å². The fourth-order valence-electron chi connectivity index (χ4n) is 1.42. The van der Waals surface area contributed by atoms with Crippen LogP contribution >= 0.6 is 0 Å². The third-order valence-electron chi connectivity index (χ3n) is 2.35. The van der Waals surface area contributed by atoms with Gasteiger partial charge in [0, 0.05) is 18.8 Å². The topological polar surface area (TPSA) is 55.6 Å². The molecule has 0 unspecified atom stereocenters. The summed E-state index contributed by atoms with van der Waals surface area (Å²) in [6.07, 6.45) is -0.552. The van der Waals surface area contributed by atoms with Crippen molar-refractivity contribution in [3.8, 4) is 5.82 Å². The largest absolute Gasteiger partial charge is 0.419 e. The Labute approximate surface area is 107 Å². The third kappa shape index (κ3) is 3.21. The van der Waals surface area contributed by atoms with Gasteiger partial charge in [0.15, 0.2) is 5.82 Å². The van der Waals surface area contributed by atoms with E-state index >= 15 is 0 Å². The Kier molecular flexibility index (Phi) is 3.68. The summed E-state index contributed by atoms with van der Waals surface area (Å²) in [7, 11) is 0. The van der Waals surface area contributed by atoms with E-state index < -0.39 is 11.7 Å². The molecule has 0 fully saturated rings. The lowest BCUT2D eigenvalue weighted by Crippen LogP contribution is -2.05. The highest BCUT2D eigenvalue weighted by atomic mass is 19.4. The number of hydrogen-bond donors (Lipinski definition) is 1. The van der Waals surface area contributed by atoms with E-state index in [9.17, 15) is 13.2 Å². The Morgan fingerprint density at radius 1 is 1.32 bits per heavy atom. The first-order chi connectivity index (χ1) is 9.00. The van der Waals surface area contributed by atoms with Crippen LogP contribution in [0.2, 0.25) is 0 Å². The van der Waals surface area contributed by atoms with Crippen LogP contribution in [0.4, 0.5) is 19.0 Å². The molecule has 19 heavy (non-hydrogen) atoms. The molecule has 0 spiro atoms. The van der Waals surface area contributed by atoms with Crippen LogP contribution in [0.1, 0.15) is 18.9 Å². The zero-order chi connectivity index (χ0) is 13.9. The van der Waals surface area contributed by atoms with Crippen molar-refractivity contribution in [3.63, 3.8) is 0 Å². The second-order valence-corrected chi connectivity index (χ2v) is 3.86. The number of nitrogens with zero attached hydrogens (tertiary/aromatic N) is 4. The van der Waals surface area contributed by atoms with E-state index in [2.05, 4.69) is 20.4 Å². The van der Waals surface area contributed by atoms with Crippen LogP contribution in [0.15, 0.2) is 24.8 Å². The zero-order valence-corrected chi connectivity index (χ0v) is 10.1. The summed E-state index contributed by atoms with van der Waals surface area (Å²) in [6, 6.07) is 1.54. The van der Waals surface area contributed by atoms with E-state index in [1.54, 1.807) is 6.07 Å². The molecule has 2 heterocycles. The maximum atomic E-state index is 12.5. The summed E-state index contributed by atoms with van der Waals surface area (Å²) in [5.74, 6) is 0.833. The average Bonchev–Trinajstić information content (AvgIpc) is 2.86. The number of anilines is 1. The first kappa shape index (κ1) is 13.3. The lowest BCUT2D eigenvalue weighted by Gasteiger charge is -2.05. The van der Waals surface area contributed by atoms with Gasteiger partial charge in [-0.15, -0.1) is 0 Å². The van der Waals surface area contributed by atoms with Crippen molar-refractivity contribution in [1.29, 1.82) is 0 Å². The quantitative estimate of drug-likeness (QED) is 0.928. The van der Waals surface area contributed by atoms with Gasteiger partial charge in [-0.1, -0.05) is 6.92 Å². The van der Waals surface area contributed by atoms with Crippen LogP contribution < -0.4 is 5.32 Å². The Hall–Kier alpha value is -2.12. The van der Waals surface area contributed by atoms with Crippen LogP contribution in [0.3, 0.4) is 0 Å². The highest BCUT2D eigenvalue weighted by molar-refractivity contribution is 5.40. The van der Waals surface area contributed by atoms with Crippen LogP contribution in [0.25, 0.3) is 5.82 Å². The molecule has 8 heteroatoms. The maximum Gasteiger partial charge on any atom is 0.419 e. The lowest BCUT2D eigenvalue weighted by atomic mass is 10.3. The van der Waals surface area contributed by atoms with E-state index in [1.807, 2.05) is 6.92 Å². The molecule has 102 valence electrons. The van der Waals surface area contributed by atoms with Crippen molar-refractivity contribution in [2.75, 3.05) is 11.9 Å². The van der Waals surface area contributed by atoms with Gasteiger partial charge in [0.05, 0.1) is 11.8 Å². The van der Waals surface area contributed by atoms with Gasteiger partial charge in [-0.05, 0) is 6.42 Å². The summed E-state index contributed by atoms with van der Waals surface area (Å²) in [6.45, 7) is 2.72. The van der Waals surface area contributed by atoms with Gasteiger partial charge >= 0.3 is 6.18 Å². The van der Waals surface area contributed by atoms with Crippen LogP contribution in [0, 0.1) is 0 Å². The molecule has 0 radical (unpaired) electrons. The molecule has 0 bridgehead atoms. The predicted molar refractivity (Wildman–Crippen MR) is 62.9 cm³/mol. The molecular weight excluding hydrogens is 259 g/mol. The molecule has 2 aromatic heterocycles. The van der Waals surface area contributed by atoms with E-state index in [1.165, 1.54) is 6.33 Å². The van der Waals surface area contributed by atoms with Crippen molar-refractivity contribution in [2.45, 2.75) is 19.5 Å². The van der Waals surface area contributed by atoms with Gasteiger partial charge in [0.2, 0.25) is 0 Å². The number of halogens is 3. The molecule has 0 aliphatic carbocycles. The molecule has 2 rings (SSSR count). The minimum atomic E-state index is -4.41. The number of hydrogen-bond acceptors (Lipinski definition) is 4. The molecule has 0 aliphatic heterocycles. The number of alkyl halides is 3. The molecule has 0 aliphatic rings. The first-order valence-electron chi connectivity index (χ1n) is 5.69. The highest BCUT2D eigenvalue weighted by Crippen LogP contribution is 2.28. The van der Waals surface area contributed by atoms with E-state index in [0.717, 1.165) is 30.0 Å². The minimum Gasteiger partial charge on any atom is -0.370 e. The SMILES string of the molecule is CCCNc1cc(-n2cc(C(F)(F)F)cn2)ncn1. The van der Waals surface area contributed by atoms with Gasteiger partial charge in [0.1, 0.15) is 12.1 Å². The molecule has 0 amide bonds. The Morgan fingerprint density at radius 2 is 2.11 bits per heavy atom. The predicted octanol–water partition coefficient (Wildman–Crippen LogP) is 2.50. The van der Waals surface area contributed by atoms with Crippen molar-refractivity contribution in [1.82, 2.24) is 19.7 Å². The van der Waals surface area contributed by atoms with E-state index in [-0.39, 0.29) is 5.82 Å². The van der Waals surface area contributed by atoms with Gasteiger partial charge in [-0.2, -0.15) is 18.3 Å². The maximum absolute atomic E-state index is 12.5. The van der Waals surface area contributed by atoms with Crippen LogP contribution in [-0.4, -0.2) is 26.3 Å². The fraction of sp³-hybridized carbons (Fsp3) is 0.364. The zero-order valence-electron chi connectivity index (χ0n) is 10.1. The van der Waals surface area contributed by atoms with Crippen molar-refractivity contribution < 1.29 is 13.2 Å². The molecule has 0 aromatic carbocycles. The van der Waals surface area contributed by atoms with Gasteiger partial charge in [-0.25, -0.2) is 14.6 Å². The molecule has 2 aromatic rings. The summed E-state index contributed by atoms with van der Waals surface area (Å²) in [4.78, 5) is 7.87. The normalized spacial score (nSPS) is 11.6. The standard InChI is InChI=1S/C11H12F3N5/c1-2-3-15-9-4-10(17-7-16-9)19-6-8(5-18-19)11(12,13)14/h4-7H,2-3H2,1H3,(H,15,16,17). The first-order valence-corrected chi connectivity index (χ1v) is 5.69. The van der Waals surface area contributed by atoms with Crippen molar-refractivity contribution in [2.24, 2.45) is 0 Å². The fourth-order valence-corrected chi connectivity index (χ4v) is 1.42. The smallest absolute Gasteiger partial charge is 0.370 e. The minimum absolute atomic E-state index is 0.282. The summed E-state index contributed by atoms with van der Waals surface area (Å²) in [5.41, 5.74) is -0.811. The summed E-state index contributed by atoms with van der Waals surface area (Å²) >= 11 is 0. The molecule has 0 atom stereocenters. The van der Waals surface area contributed by atoms with Crippen molar-refractivity contribution in [3.05, 3.63) is 30.4 Å². The highest BCUT2D eigenvalue weighted by Gasteiger charge is 2.32. The van der Waals surface area contributed by atoms with Gasteiger partial charge < -0.3 is 5.32 Å². The molecule has 0 saturated carbocycles. The Balaban J connectivity index is 2.24. The Morgan fingerprint density at radius 3 is 2.74 bits per heavy atom. The average molecular weight is 271 g/mol. The third-order valence-corrected chi connectivity index (χ3v) is 2.35. The van der Waals surface area contributed by atoms with Crippen LogP contribution in [-0.2, 0) is 6.18 Å². The van der Waals surface area contributed by atoms with Crippen molar-refractivity contribution >= 4 is 5.82 Å². The Bertz CT molecular complexity index is 549. The second-order valence-electron chi connectivity index (χ2n) is 3.86. The number of aromatic nitrogens is 4. The van der Waals surface area contributed by atoms with Crippen LogP contribution in [0.5, 0.6) is 0 Å². The molecule has 1 N–H and O–H groups in total. The second kappa shape index (κ2) is 5.25. The van der Waals surface area contributed by atoms with E-state index in [4.69, 9.17) is 0 Å². The summed E-state index contributed by atoms with van der Waals surface area (Å²) < 4.78 is 38.5. The monoisotopic (exact) mass is 271 g/mol. The number of nitrogens with one attached hydrogen (secondary N) is 1.